The number of aliphatic imine (C=N–C) groups is 1. The quantitative estimate of drug-likeness (QED) is 0.627. The fourth-order valence-electron chi connectivity index (χ4n) is 2.24. The third kappa shape index (κ3) is 5.32. The van der Waals surface area contributed by atoms with Crippen molar-refractivity contribution >= 4 is 5.96 Å². The normalized spacial score (nSPS) is 11.3. The average Bonchev–Trinajstić information content (AvgIpc) is 3.08. The number of methoxy groups -OCH3 is 1. The second-order valence-electron chi connectivity index (χ2n) is 5.24. The molecule has 0 fully saturated rings. The van der Waals surface area contributed by atoms with Crippen molar-refractivity contribution in [1.82, 2.24) is 19.8 Å². The molecule has 6 heteroatoms. The summed E-state index contributed by atoms with van der Waals surface area (Å²) in [6.07, 6.45) is 5.54. The highest BCUT2D eigenvalue weighted by Crippen LogP contribution is 2.12. The first kappa shape index (κ1) is 16.9. The van der Waals surface area contributed by atoms with Crippen molar-refractivity contribution in [3.05, 3.63) is 48.5 Å². The van der Waals surface area contributed by atoms with E-state index in [0.717, 1.165) is 31.3 Å². The van der Waals surface area contributed by atoms with Crippen LogP contribution in [0.15, 0.2) is 48.0 Å². The van der Waals surface area contributed by atoms with Crippen LogP contribution < -0.4 is 10.1 Å². The Morgan fingerprint density at radius 2 is 2.13 bits per heavy atom. The average molecular weight is 315 g/mol. The van der Waals surface area contributed by atoms with Gasteiger partial charge in [-0.3, -0.25) is 4.99 Å². The van der Waals surface area contributed by atoms with Crippen molar-refractivity contribution in [3.8, 4) is 5.75 Å². The van der Waals surface area contributed by atoms with Gasteiger partial charge in [-0.1, -0.05) is 12.1 Å². The molecule has 0 bridgehead atoms. The third-order valence-electron chi connectivity index (χ3n) is 3.45. The Hall–Kier alpha value is -2.50. The number of aromatic nitrogens is 2. The Bertz CT molecular complexity index is 592. The van der Waals surface area contributed by atoms with Crippen molar-refractivity contribution in [2.45, 2.75) is 20.0 Å². The van der Waals surface area contributed by atoms with Crippen LogP contribution in [0.25, 0.3) is 0 Å². The lowest BCUT2D eigenvalue weighted by Crippen LogP contribution is -2.38. The molecule has 0 amide bonds. The number of nitrogens with one attached hydrogen (secondary N) is 1. The summed E-state index contributed by atoms with van der Waals surface area (Å²) in [5.41, 5.74) is 1.22. The third-order valence-corrected chi connectivity index (χ3v) is 3.45. The number of ether oxygens (including phenoxy) is 1. The molecule has 0 aliphatic rings. The van der Waals surface area contributed by atoms with E-state index < -0.39 is 0 Å². The van der Waals surface area contributed by atoms with Gasteiger partial charge in [-0.25, -0.2) is 4.98 Å². The van der Waals surface area contributed by atoms with Crippen LogP contribution in [0.4, 0.5) is 0 Å². The Balaban J connectivity index is 1.94. The summed E-state index contributed by atoms with van der Waals surface area (Å²) < 4.78 is 7.22. The predicted octanol–water partition coefficient (Wildman–Crippen LogP) is 1.99. The molecule has 0 saturated carbocycles. The zero-order valence-electron chi connectivity index (χ0n) is 14.1. The van der Waals surface area contributed by atoms with Gasteiger partial charge in [0.25, 0.3) is 0 Å². The molecule has 1 aromatic heterocycles. The van der Waals surface area contributed by atoms with Gasteiger partial charge in [-0.05, 0) is 24.6 Å². The van der Waals surface area contributed by atoms with E-state index >= 15 is 0 Å². The summed E-state index contributed by atoms with van der Waals surface area (Å²) in [5.74, 6) is 1.78. The molecule has 2 rings (SSSR count). The largest absolute Gasteiger partial charge is 0.497 e. The molecule has 0 saturated heterocycles. The van der Waals surface area contributed by atoms with Crippen LogP contribution in [-0.2, 0) is 13.1 Å². The summed E-state index contributed by atoms with van der Waals surface area (Å²) >= 11 is 0. The maximum Gasteiger partial charge on any atom is 0.194 e. The lowest BCUT2D eigenvalue weighted by Gasteiger charge is -2.22. The van der Waals surface area contributed by atoms with E-state index in [0.29, 0.717) is 6.54 Å². The highest BCUT2D eigenvalue weighted by atomic mass is 16.5. The van der Waals surface area contributed by atoms with Gasteiger partial charge >= 0.3 is 0 Å². The first-order valence-corrected chi connectivity index (χ1v) is 7.81. The molecule has 0 radical (unpaired) electrons. The van der Waals surface area contributed by atoms with Gasteiger partial charge in [0.1, 0.15) is 5.75 Å². The number of benzene rings is 1. The molecular weight excluding hydrogens is 290 g/mol. The Labute approximate surface area is 137 Å². The van der Waals surface area contributed by atoms with Crippen LogP contribution >= 0.6 is 0 Å². The van der Waals surface area contributed by atoms with E-state index in [9.17, 15) is 0 Å². The zero-order chi connectivity index (χ0) is 16.5. The summed E-state index contributed by atoms with van der Waals surface area (Å²) in [7, 11) is 3.72. The molecule has 23 heavy (non-hydrogen) atoms. The van der Waals surface area contributed by atoms with Crippen molar-refractivity contribution in [1.29, 1.82) is 0 Å². The summed E-state index contributed by atoms with van der Waals surface area (Å²) in [6.45, 7) is 5.25. The monoisotopic (exact) mass is 315 g/mol. The highest BCUT2D eigenvalue weighted by molar-refractivity contribution is 5.79. The summed E-state index contributed by atoms with van der Waals surface area (Å²) in [4.78, 5) is 10.8. The molecule has 0 unspecified atom stereocenters. The number of hydrogen-bond acceptors (Lipinski definition) is 3. The molecule has 6 nitrogen and oxygen atoms in total. The smallest absolute Gasteiger partial charge is 0.194 e. The van der Waals surface area contributed by atoms with Gasteiger partial charge in [-0.2, -0.15) is 0 Å². The lowest BCUT2D eigenvalue weighted by atomic mass is 10.2. The summed E-state index contributed by atoms with van der Waals surface area (Å²) in [5, 5.41) is 3.33. The molecule has 0 aliphatic carbocycles. The minimum Gasteiger partial charge on any atom is -0.497 e. The van der Waals surface area contributed by atoms with Crippen LogP contribution in [0.5, 0.6) is 5.75 Å². The van der Waals surface area contributed by atoms with E-state index in [1.165, 1.54) is 5.56 Å². The number of rotatable bonds is 7. The molecule has 124 valence electrons. The Morgan fingerprint density at radius 3 is 2.74 bits per heavy atom. The first-order valence-electron chi connectivity index (χ1n) is 7.81. The second kappa shape index (κ2) is 8.82. The number of guanidine groups is 1. The van der Waals surface area contributed by atoms with Crippen molar-refractivity contribution < 1.29 is 4.74 Å². The van der Waals surface area contributed by atoms with E-state index in [4.69, 9.17) is 4.74 Å². The van der Waals surface area contributed by atoms with Gasteiger partial charge in [-0.15, -0.1) is 0 Å². The molecule has 0 atom stereocenters. The minimum atomic E-state index is 0.714. The van der Waals surface area contributed by atoms with Crippen molar-refractivity contribution in [3.63, 3.8) is 0 Å². The van der Waals surface area contributed by atoms with E-state index in [-0.39, 0.29) is 0 Å². The Morgan fingerprint density at radius 1 is 1.35 bits per heavy atom. The summed E-state index contributed by atoms with van der Waals surface area (Å²) in [6, 6.07) is 8.10. The zero-order valence-corrected chi connectivity index (χ0v) is 14.1. The Kier molecular flexibility index (Phi) is 6.47. The highest BCUT2D eigenvalue weighted by Gasteiger charge is 2.06. The van der Waals surface area contributed by atoms with Crippen LogP contribution in [0, 0.1) is 0 Å². The first-order chi connectivity index (χ1) is 11.2. The van der Waals surface area contributed by atoms with Gasteiger partial charge in [0.2, 0.25) is 0 Å². The van der Waals surface area contributed by atoms with Crippen LogP contribution in [0.1, 0.15) is 12.5 Å². The van der Waals surface area contributed by atoms with E-state index in [2.05, 4.69) is 39.2 Å². The van der Waals surface area contributed by atoms with Gasteiger partial charge in [0.05, 0.1) is 20.0 Å². The fraction of sp³-hybridized carbons (Fsp3) is 0.412. The minimum absolute atomic E-state index is 0.714. The maximum atomic E-state index is 5.19. The van der Waals surface area contributed by atoms with Crippen molar-refractivity contribution in [2.24, 2.45) is 4.99 Å². The molecular formula is C17H25N5O. The van der Waals surface area contributed by atoms with Crippen LogP contribution in [0.3, 0.4) is 0 Å². The van der Waals surface area contributed by atoms with Crippen molar-refractivity contribution in [2.75, 3.05) is 27.2 Å². The standard InChI is InChI=1S/C17H25N5O/c1-4-19-17(20-10-12-22-11-9-18-14-22)21(2)13-15-5-7-16(23-3)8-6-15/h5-9,11,14H,4,10,12-13H2,1-3H3,(H,19,20). The molecule has 2 aromatic rings. The van der Waals surface area contributed by atoms with Gasteiger partial charge in [0, 0.05) is 39.1 Å². The van der Waals surface area contributed by atoms with Crippen LogP contribution in [-0.4, -0.2) is 47.7 Å². The molecule has 1 heterocycles. The number of nitrogens with zero attached hydrogens (tertiary/aromatic N) is 4. The fourth-order valence-corrected chi connectivity index (χ4v) is 2.24. The molecule has 0 spiro atoms. The van der Waals surface area contributed by atoms with Crippen LogP contribution in [0.2, 0.25) is 0 Å². The second-order valence-corrected chi connectivity index (χ2v) is 5.24. The van der Waals surface area contributed by atoms with E-state index in [1.54, 1.807) is 13.3 Å². The lowest BCUT2D eigenvalue weighted by molar-refractivity contribution is 0.414. The SMILES string of the molecule is CCNC(=NCCn1ccnc1)N(C)Cc1ccc(OC)cc1. The van der Waals surface area contributed by atoms with E-state index in [1.807, 2.05) is 36.3 Å². The maximum absolute atomic E-state index is 5.19. The van der Waals surface area contributed by atoms with Gasteiger partial charge < -0.3 is 19.5 Å². The van der Waals surface area contributed by atoms with Gasteiger partial charge in [0.15, 0.2) is 5.96 Å². The number of hydrogen-bond donors (Lipinski definition) is 1. The predicted molar refractivity (Wildman–Crippen MR) is 92.7 cm³/mol. The molecule has 0 aliphatic heterocycles. The number of imidazole rings is 1. The molecule has 1 aromatic carbocycles. The molecule has 1 N–H and O–H groups in total. The topological polar surface area (TPSA) is 54.7 Å².